The highest BCUT2D eigenvalue weighted by Crippen LogP contribution is 2.46. The van der Waals surface area contributed by atoms with Crippen molar-refractivity contribution in [1.82, 2.24) is 4.90 Å². The summed E-state index contributed by atoms with van der Waals surface area (Å²) in [6.07, 6.45) is 2.04. The van der Waals surface area contributed by atoms with Gasteiger partial charge >= 0.3 is 0 Å². The van der Waals surface area contributed by atoms with E-state index in [1.807, 2.05) is 6.07 Å². The molecule has 0 aromatic heterocycles. The Morgan fingerprint density at radius 3 is 2.88 bits per heavy atom. The molecule has 3 atom stereocenters. The van der Waals surface area contributed by atoms with Crippen LogP contribution in [0.2, 0.25) is 0 Å². The monoisotopic (exact) mass is 233 g/mol. The third-order valence-electron chi connectivity index (χ3n) is 4.16. The minimum atomic E-state index is -0.173. The van der Waals surface area contributed by atoms with Crippen LogP contribution < -0.4 is 0 Å². The van der Waals surface area contributed by atoms with E-state index in [9.17, 15) is 5.11 Å². The lowest BCUT2D eigenvalue weighted by Gasteiger charge is -2.33. The zero-order chi connectivity index (χ0) is 11.9. The van der Waals surface area contributed by atoms with E-state index in [-0.39, 0.29) is 18.4 Å². The predicted octanol–water partition coefficient (Wildman–Crippen LogP) is 1.93. The smallest absolute Gasteiger partial charge is 0.119 e. The predicted molar refractivity (Wildman–Crippen MR) is 65.5 cm³/mol. The van der Waals surface area contributed by atoms with Crippen LogP contribution >= 0.6 is 0 Å². The molecule has 2 fully saturated rings. The third kappa shape index (κ3) is 1.69. The first kappa shape index (κ1) is 11.2. The Kier molecular flexibility index (Phi) is 2.69. The molecule has 0 amide bonds. The minimum Gasteiger partial charge on any atom is -0.395 e. The Bertz CT molecular complexity index is 394. The van der Waals surface area contributed by atoms with Crippen molar-refractivity contribution in [2.24, 2.45) is 0 Å². The summed E-state index contributed by atoms with van der Waals surface area (Å²) in [7, 11) is 0. The number of ether oxygens (including phenoxy) is 1. The second-order valence-electron chi connectivity index (χ2n) is 5.19. The summed E-state index contributed by atoms with van der Waals surface area (Å²) in [5.41, 5.74) is 1.12. The highest BCUT2D eigenvalue weighted by molar-refractivity contribution is 5.22. The fourth-order valence-electron chi connectivity index (χ4n) is 3.27. The van der Waals surface area contributed by atoms with E-state index >= 15 is 0 Å². The van der Waals surface area contributed by atoms with Gasteiger partial charge in [-0.1, -0.05) is 30.3 Å². The van der Waals surface area contributed by atoms with Crippen LogP contribution in [0.3, 0.4) is 0 Å². The molecule has 1 N–H and O–H groups in total. The number of benzene rings is 1. The van der Waals surface area contributed by atoms with E-state index in [4.69, 9.17) is 4.74 Å². The lowest BCUT2D eigenvalue weighted by atomic mass is 10.1. The van der Waals surface area contributed by atoms with Gasteiger partial charge in [0.05, 0.1) is 19.3 Å². The van der Waals surface area contributed by atoms with Gasteiger partial charge in [-0.3, -0.25) is 4.90 Å². The Morgan fingerprint density at radius 1 is 1.41 bits per heavy atom. The molecule has 17 heavy (non-hydrogen) atoms. The molecule has 0 aliphatic carbocycles. The molecule has 3 heteroatoms. The zero-order valence-electron chi connectivity index (χ0n) is 10.2. The summed E-state index contributed by atoms with van der Waals surface area (Å²) >= 11 is 0. The van der Waals surface area contributed by atoms with E-state index in [1.54, 1.807) is 0 Å². The number of nitrogens with zero attached hydrogens (tertiary/aromatic N) is 1. The van der Waals surface area contributed by atoms with E-state index in [1.165, 1.54) is 5.56 Å². The second-order valence-corrected chi connectivity index (χ2v) is 5.19. The Hall–Kier alpha value is -0.900. The summed E-state index contributed by atoms with van der Waals surface area (Å²) in [5.74, 6) is 0. The standard InChI is InChI=1S/C14H19NO2/c1-14-8-7-12(9-16)15(14)13(10-17-14)11-5-3-2-4-6-11/h2-6,12-13,16H,7-10H2,1H3/t12-,13+,14+/m1/s1. The molecule has 0 bridgehead atoms. The van der Waals surface area contributed by atoms with Gasteiger partial charge in [0, 0.05) is 6.04 Å². The van der Waals surface area contributed by atoms with Gasteiger partial charge in [0.25, 0.3) is 0 Å². The summed E-state index contributed by atoms with van der Waals surface area (Å²) < 4.78 is 5.98. The molecule has 0 unspecified atom stereocenters. The number of rotatable bonds is 2. The average Bonchev–Trinajstić information content (AvgIpc) is 2.85. The second kappa shape index (κ2) is 4.09. The first-order chi connectivity index (χ1) is 8.24. The first-order valence-electron chi connectivity index (χ1n) is 6.33. The third-order valence-corrected chi connectivity index (χ3v) is 4.16. The van der Waals surface area contributed by atoms with Crippen molar-refractivity contribution < 1.29 is 9.84 Å². The van der Waals surface area contributed by atoms with Crippen molar-refractivity contribution in [3.05, 3.63) is 35.9 Å². The Balaban J connectivity index is 1.92. The summed E-state index contributed by atoms with van der Waals surface area (Å²) in [6.45, 7) is 3.10. The van der Waals surface area contributed by atoms with E-state index in [0.29, 0.717) is 6.04 Å². The van der Waals surface area contributed by atoms with Crippen molar-refractivity contribution in [1.29, 1.82) is 0 Å². The van der Waals surface area contributed by atoms with Crippen LogP contribution in [0.15, 0.2) is 30.3 Å². The molecule has 1 aromatic rings. The largest absolute Gasteiger partial charge is 0.395 e. The Morgan fingerprint density at radius 2 is 2.18 bits per heavy atom. The molecule has 92 valence electrons. The van der Waals surface area contributed by atoms with Crippen LogP contribution in [-0.2, 0) is 4.74 Å². The fourth-order valence-corrected chi connectivity index (χ4v) is 3.27. The maximum atomic E-state index is 9.50. The highest BCUT2D eigenvalue weighted by atomic mass is 16.5. The van der Waals surface area contributed by atoms with Crippen molar-refractivity contribution in [2.45, 2.75) is 37.6 Å². The average molecular weight is 233 g/mol. The molecule has 0 spiro atoms. The normalized spacial score (nSPS) is 37.3. The van der Waals surface area contributed by atoms with Gasteiger partial charge in [0.2, 0.25) is 0 Å². The summed E-state index contributed by atoms with van der Waals surface area (Å²) in [4.78, 5) is 2.36. The van der Waals surface area contributed by atoms with E-state index < -0.39 is 0 Å². The molecule has 3 nitrogen and oxygen atoms in total. The van der Waals surface area contributed by atoms with Gasteiger partial charge in [-0.25, -0.2) is 0 Å². The highest BCUT2D eigenvalue weighted by Gasteiger charge is 2.52. The molecule has 2 heterocycles. The van der Waals surface area contributed by atoms with Crippen LogP contribution in [0.4, 0.5) is 0 Å². The van der Waals surface area contributed by atoms with Gasteiger partial charge in [0.15, 0.2) is 0 Å². The number of aliphatic hydroxyl groups is 1. The topological polar surface area (TPSA) is 32.7 Å². The van der Waals surface area contributed by atoms with E-state index in [2.05, 4.69) is 36.1 Å². The van der Waals surface area contributed by atoms with Gasteiger partial charge in [-0.15, -0.1) is 0 Å². The summed E-state index contributed by atoms with van der Waals surface area (Å²) in [6, 6.07) is 11.0. The Labute approximate surface area is 102 Å². The molecular formula is C14H19NO2. The zero-order valence-corrected chi connectivity index (χ0v) is 10.2. The lowest BCUT2D eigenvalue weighted by molar-refractivity contribution is -0.0592. The van der Waals surface area contributed by atoms with Crippen molar-refractivity contribution in [3.8, 4) is 0 Å². The molecule has 1 aromatic carbocycles. The molecule has 3 rings (SSSR count). The quantitative estimate of drug-likeness (QED) is 0.847. The van der Waals surface area contributed by atoms with Gasteiger partial charge < -0.3 is 9.84 Å². The van der Waals surface area contributed by atoms with E-state index in [0.717, 1.165) is 19.4 Å². The number of fused-ring (bicyclic) bond motifs is 1. The lowest BCUT2D eigenvalue weighted by Crippen LogP contribution is -2.43. The van der Waals surface area contributed by atoms with Gasteiger partial charge in [0.1, 0.15) is 5.72 Å². The first-order valence-corrected chi connectivity index (χ1v) is 6.33. The van der Waals surface area contributed by atoms with Crippen LogP contribution in [0, 0.1) is 0 Å². The molecule has 0 saturated carbocycles. The number of hydrogen-bond donors (Lipinski definition) is 1. The van der Waals surface area contributed by atoms with Crippen molar-refractivity contribution >= 4 is 0 Å². The molecule has 0 radical (unpaired) electrons. The van der Waals surface area contributed by atoms with Crippen molar-refractivity contribution in [2.75, 3.05) is 13.2 Å². The fraction of sp³-hybridized carbons (Fsp3) is 0.571. The molecule has 2 saturated heterocycles. The maximum Gasteiger partial charge on any atom is 0.119 e. The summed E-state index contributed by atoms with van der Waals surface area (Å²) in [5, 5.41) is 9.50. The maximum absolute atomic E-state index is 9.50. The molecule has 2 aliphatic heterocycles. The van der Waals surface area contributed by atoms with Crippen LogP contribution in [0.25, 0.3) is 0 Å². The molecule has 2 aliphatic rings. The van der Waals surface area contributed by atoms with Gasteiger partial charge in [-0.05, 0) is 25.3 Å². The minimum absolute atomic E-state index is 0.173. The number of hydrogen-bond acceptors (Lipinski definition) is 3. The molecular weight excluding hydrogens is 214 g/mol. The van der Waals surface area contributed by atoms with Gasteiger partial charge in [-0.2, -0.15) is 0 Å². The SMILES string of the molecule is C[C@]12CC[C@H](CO)N1[C@H](c1ccccc1)CO2. The number of aliphatic hydroxyl groups excluding tert-OH is 1. The van der Waals surface area contributed by atoms with Crippen LogP contribution in [0.5, 0.6) is 0 Å². The van der Waals surface area contributed by atoms with Crippen LogP contribution in [0.1, 0.15) is 31.4 Å². The van der Waals surface area contributed by atoms with Crippen molar-refractivity contribution in [3.63, 3.8) is 0 Å². The van der Waals surface area contributed by atoms with Crippen LogP contribution in [-0.4, -0.2) is 35.0 Å².